The summed E-state index contributed by atoms with van der Waals surface area (Å²) in [5.74, 6) is 1.55. The van der Waals surface area contributed by atoms with Crippen molar-refractivity contribution in [2.45, 2.75) is 19.9 Å². The Hall–Kier alpha value is -1.44. The zero-order valence-corrected chi connectivity index (χ0v) is 15.0. The smallest absolute Gasteiger partial charge is 0.172 e. The molecule has 8 heteroatoms. The van der Waals surface area contributed by atoms with Gasteiger partial charge in [-0.25, -0.2) is 9.97 Å². The molecule has 2 saturated heterocycles. The normalized spacial score (nSPS) is 19.5. The van der Waals surface area contributed by atoms with Crippen molar-refractivity contribution in [1.29, 1.82) is 0 Å². The second-order valence-corrected chi connectivity index (χ2v) is 6.48. The fourth-order valence-electron chi connectivity index (χ4n) is 2.70. The molecule has 132 valence electrons. The van der Waals surface area contributed by atoms with E-state index in [1.165, 1.54) is 0 Å². The van der Waals surface area contributed by atoms with Crippen molar-refractivity contribution in [2.75, 3.05) is 62.4 Å². The molecule has 0 saturated carbocycles. The molecule has 0 radical (unpaired) electrons. The molecular formula is C16H24ClN5O2. The van der Waals surface area contributed by atoms with Crippen LogP contribution in [-0.4, -0.2) is 74.8 Å². The van der Waals surface area contributed by atoms with Crippen LogP contribution in [0.4, 0.5) is 11.6 Å². The fourth-order valence-corrected chi connectivity index (χ4v) is 2.95. The van der Waals surface area contributed by atoms with Crippen LogP contribution in [0.1, 0.15) is 19.5 Å². The molecule has 2 aliphatic heterocycles. The second kappa shape index (κ2) is 8.09. The number of anilines is 2. The predicted octanol–water partition coefficient (Wildman–Crippen LogP) is 1.63. The standard InChI is InChI=1S/C16H24ClN5O2/c1-12(2)18-11-13-15(21-3-7-23-8-4-21)20-16(14(17)19-13)22-5-9-24-10-6-22/h11-12H,3-10H2,1-2H3. The van der Waals surface area contributed by atoms with Crippen molar-refractivity contribution in [3.8, 4) is 0 Å². The summed E-state index contributed by atoms with van der Waals surface area (Å²) in [5, 5.41) is 0.416. The maximum atomic E-state index is 6.43. The van der Waals surface area contributed by atoms with Gasteiger partial charge < -0.3 is 19.3 Å². The number of aliphatic imine (C=N–C) groups is 1. The molecular weight excluding hydrogens is 330 g/mol. The van der Waals surface area contributed by atoms with Crippen molar-refractivity contribution in [1.82, 2.24) is 9.97 Å². The van der Waals surface area contributed by atoms with Gasteiger partial charge in [0.15, 0.2) is 16.8 Å². The van der Waals surface area contributed by atoms with Gasteiger partial charge in [0, 0.05) is 32.2 Å². The number of ether oxygens (including phenoxy) is 2. The van der Waals surface area contributed by atoms with E-state index in [1.54, 1.807) is 6.21 Å². The van der Waals surface area contributed by atoms with Crippen LogP contribution in [0, 0.1) is 0 Å². The maximum absolute atomic E-state index is 6.43. The van der Waals surface area contributed by atoms with E-state index in [-0.39, 0.29) is 6.04 Å². The monoisotopic (exact) mass is 353 g/mol. The number of rotatable bonds is 4. The van der Waals surface area contributed by atoms with Crippen LogP contribution in [0.3, 0.4) is 0 Å². The van der Waals surface area contributed by atoms with Crippen LogP contribution >= 0.6 is 11.6 Å². The molecule has 1 aromatic rings. The average Bonchev–Trinajstić information content (AvgIpc) is 2.61. The van der Waals surface area contributed by atoms with Crippen LogP contribution in [0.25, 0.3) is 0 Å². The first kappa shape index (κ1) is 17.4. The molecule has 1 aromatic heterocycles. The van der Waals surface area contributed by atoms with E-state index in [1.807, 2.05) is 13.8 Å². The molecule has 2 aliphatic rings. The first-order valence-electron chi connectivity index (χ1n) is 8.41. The molecule has 3 heterocycles. The predicted molar refractivity (Wildman–Crippen MR) is 95.8 cm³/mol. The van der Waals surface area contributed by atoms with E-state index in [0.29, 0.717) is 37.3 Å². The van der Waals surface area contributed by atoms with Gasteiger partial charge >= 0.3 is 0 Å². The Balaban J connectivity index is 1.96. The van der Waals surface area contributed by atoms with Crippen molar-refractivity contribution >= 4 is 29.5 Å². The lowest BCUT2D eigenvalue weighted by Crippen LogP contribution is -2.40. The van der Waals surface area contributed by atoms with Gasteiger partial charge in [0.1, 0.15) is 5.69 Å². The number of halogens is 1. The van der Waals surface area contributed by atoms with Gasteiger partial charge in [-0.15, -0.1) is 0 Å². The van der Waals surface area contributed by atoms with E-state index in [9.17, 15) is 0 Å². The molecule has 0 N–H and O–H groups in total. The van der Waals surface area contributed by atoms with Crippen LogP contribution in [0.5, 0.6) is 0 Å². The summed E-state index contributed by atoms with van der Waals surface area (Å²) in [6.45, 7) is 9.94. The Morgan fingerprint density at radius 2 is 1.50 bits per heavy atom. The molecule has 7 nitrogen and oxygen atoms in total. The Morgan fingerprint density at radius 3 is 2.04 bits per heavy atom. The van der Waals surface area contributed by atoms with Crippen molar-refractivity contribution in [2.24, 2.45) is 4.99 Å². The lowest BCUT2D eigenvalue weighted by atomic mass is 10.3. The van der Waals surface area contributed by atoms with Crippen LogP contribution in [-0.2, 0) is 9.47 Å². The third kappa shape index (κ3) is 4.15. The topological polar surface area (TPSA) is 63.1 Å². The van der Waals surface area contributed by atoms with Crippen molar-refractivity contribution in [3.05, 3.63) is 10.8 Å². The minimum absolute atomic E-state index is 0.196. The van der Waals surface area contributed by atoms with Crippen LogP contribution < -0.4 is 9.80 Å². The van der Waals surface area contributed by atoms with E-state index in [2.05, 4.69) is 19.8 Å². The summed E-state index contributed by atoms with van der Waals surface area (Å²) in [4.78, 5) is 18.2. The summed E-state index contributed by atoms with van der Waals surface area (Å²) in [6, 6.07) is 0.196. The molecule has 0 atom stereocenters. The summed E-state index contributed by atoms with van der Waals surface area (Å²) in [7, 11) is 0. The summed E-state index contributed by atoms with van der Waals surface area (Å²) in [5.41, 5.74) is 0.715. The van der Waals surface area contributed by atoms with Gasteiger partial charge in [0.05, 0.1) is 32.6 Å². The minimum Gasteiger partial charge on any atom is -0.378 e. The molecule has 0 amide bonds. The van der Waals surface area contributed by atoms with Gasteiger partial charge in [-0.3, -0.25) is 4.99 Å². The van der Waals surface area contributed by atoms with Crippen molar-refractivity contribution in [3.63, 3.8) is 0 Å². The fraction of sp³-hybridized carbons (Fsp3) is 0.688. The van der Waals surface area contributed by atoms with E-state index in [0.717, 1.165) is 37.8 Å². The van der Waals surface area contributed by atoms with E-state index >= 15 is 0 Å². The first-order valence-corrected chi connectivity index (χ1v) is 8.79. The molecule has 3 rings (SSSR count). The highest BCUT2D eigenvalue weighted by Crippen LogP contribution is 2.28. The zero-order valence-electron chi connectivity index (χ0n) is 14.2. The molecule has 0 unspecified atom stereocenters. The van der Waals surface area contributed by atoms with Crippen LogP contribution in [0.15, 0.2) is 4.99 Å². The lowest BCUT2D eigenvalue weighted by molar-refractivity contribution is 0.121. The van der Waals surface area contributed by atoms with Crippen molar-refractivity contribution < 1.29 is 9.47 Å². The summed E-state index contributed by atoms with van der Waals surface area (Å²) in [6.07, 6.45) is 1.78. The second-order valence-electron chi connectivity index (χ2n) is 6.12. The molecule has 0 bridgehead atoms. The third-order valence-corrected chi connectivity index (χ3v) is 4.21. The number of hydrogen-bond acceptors (Lipinski definition) is 7. The SMILES string of the molecule is CC(C)N=Cc1nc(Cl)c(N2CCOCC2)nc1N1CCOCC1. The number of aromatic nitrogens is 2. The molecule has 0 aromatic carbocycles. The van der Waals surface area contributed by atoms with Crippen LogP contribution in [0.2, 0.25) is 5.15 Å². The molecule has 24 heavy (non-hydrogen) atoms. The highest BCUT2D eigenvalue weighted by molar-refractivity contribution is 6.32. The largest absolute Gasteiger partial charge is 0.378 e. The van der Waals surface area contributed by atoms with Gasteiger partial charge in [0.25, 0.3) is 0 Å². The summed E-state index contributed by atoms with van der Waals surface area (Å²) >= 11 is 6.43. The van der Waals surface area contributed by atoms with E-state index < -0.39 is 0 Å². The van der Waals surface area contributed by atoms with Gasteiger partial charge in [-0.2, -0.15) is 0 Å². The maximum Gasteiger partial charge on any atom is 0.172 e. The highest BCUT2D eigenvalue weighted by atomic mass is 35.5. The van der Waals surface area contributed by atoms with Gasteiger partial charge in [-0.1, -0.05) is 11.6 Å². The number of nitrogens with zero attached hydrogens (tertiary/aromatic N) is 5. The Bertz CT molecular complexity index is 584. The first-order chi connectivity index (χ1) is 11.6. The summed E-state index contributed by atoms with van der Waals surface area (Å²) < 4.78 is 10.9. The quantitative estimate of drug-likeness (QED) is 0.767. The number of morpholine rings is 2. The highest BCUT2D eigenvalue weighted by Gasteiger charge is 2.23. The molecule has 2 fully saturated rings. The Morgan fingerprint density at radius 1 is 0.958 bits per heavy atom. The third-order valence-electron chi connectivity index (χ3n) is 3.96. The number of hydrogen-bond donors (Lipinski definition) is 0. The van der Waals surface area contributed by atoms with Gasteiger partial charge in [0.2, 0.25) is 0 Å². The Labute approximate surface area is 147 Å². The zero-order chi connectivity index (χ0) is 16.9. The molecule has 0 spiro atoms. The minimum atomic E-state index is 0.196. The lowest BCUT2D eigenvalue weighted by Gasteiger charge is -2.32. The Kier molecular flexibility index (Phi) is 5.86. The average molecular weight is 354 g/mol. The van der Waals surface area contributed by atoms with E-state index in [4.69, 9.17) is 26.1 Å². The van der Waals surface area contributed by atoms with Gasteiger partial charge in [-0.05, 0) is 13.8 Å². The molecule has 0 aliphatic carbocycles.